The Morgan fingerprint density at radius 3 is 2.80 bits per heavy atom. The van der Waals surface area contributed by atoms with E-state index >= 15 is 0 Å². The van der Waals surface area contributed by atoms with Gasteiger partial charge in [0.2, 0.25) is 5.91 Å². The monoisotopic (exact) mass is 275 g/mol. The molecule has 3 heteroatoms. The molecule has 1 amide bonds. The fourth-order valence-electron chi connectivity index (χ4n) is 2.34. The van der Waals surface area contributed by atoms with Crippen LogP contribution in [0.4, 0.5) is 0 Å². The second-order valence-electron chi connectivity index (χ2n) is 4.76. The van der Waals surface area contributed by atoms with Crippen molar-refractivity contribution >= 4 is 21.8 Å². The maximum Gasteiger partial charge on any atom is 0.223 e. The number of hydrogen-bond donors (Lipinski definition) is 1. The Kier molecular flexibility index (Phi) is 5.65. The normalized spacial score (nSPS) is 27.7. The van der Waals surface area contributed by atoms with Gasteiger partial charge >= 0.3 is 0 Å². The summed E-state index contributed by atoms with van der Waals surface area (Å²) >= 11 is 3.41. The SMILES string of the molecule is CC(CCCBr)NC(=O)C1CCCC1C. The van der Waals surface area contributed by atoms with E-state index in [2.05, 4.69) is 35.1 Å². The Morgan fingerprint density at radius 1 is 1.53 bits per heavy atom. The molecular weight excluding hydrogens is 254 g/mol. The van der Waals surface area contributed by atoms with Gasteiger partial charge in [-0.05, 0) is 38.5 Å². The molecule has 1 fully saturated rings. The van der Waals surface area contributed by atoms with Crippen LogP contribution in [0.1, 0.15) is 46.0 Å². The van der Waals surface area contributed by atoms with Gasteiger partial charge in [-0.15, -0.1) is 0 Å². The molecule has 1 aliphatic carbocycles. The molecule has 2 nitrogen and oxygen atoms in total. The highest BCUT2D eigenvalue weighted by Gasteiger charge is 2.29. The predicted molar refractivity (Wildman–Crippen MR) is 67.1 cm³/mol. The van der Waals surface area contributed by atoms with Crippen molar-refractivity contribution in [3.63, 3.8) is 0 Å². The minimum absolute atomic E-state index is 0.274. The van der Waals surface area contributed by atoms with Gasteiger partial charge in [0.15, 0.2) is 0 Å². The molecular formula is C12H22BrNO. The van der Waals surface area contributed by atoms with Crippen LogP contribution in [0.2, 0.25) is 0 Å². The fraction of sp³-hybridized carbons (Fsp3) is 0.917. The molecule has 0 aromatic rings. The second kappa shape index (κ2) is 6.51. The zero-order valence-corrected chi connectivity index (χ0v) is 11.3. The van der Waals surface area contributed by atoms with Crippen LogP contribution >= 0.6 is 15.9 Å². The molecule has 0 radical (unpaired) electrons. The molecule has 1 saturated carbocycles. The van der Waals surface area contributed by atoms with Crippen LogP contribution in [0.5, 0.6) is 0 Å². The van der Waals surface area contributed by atoms with E-state index in [1.807, 2.05) is 0 Å². The van der Waals surface area contributed by atoms with Crippen LogP contribution in [-0.2, 0) is 4.79 Å². The average molecular weight is 276 g/mol. The second-order valence-corrected chi connectivity index (χ2v) is 5.55. The largest absolute Gasteiger partial charge is 0.353 e. The molecule has 88 valence electrons. The Labute approximate surface area is 101 Å². The summed E-state index contributed by atoms with van der Waals surface area (Å²) in [5, 5.41) is 4.15. The van der Waals surface area contributed by atoms with Crippen LogP contribution in [-0.4, -0.2) is 17.3 Å². The van der Waals surface area contributed by atoms with Gasteiger partial charge in [0.1, 0.15) is 0 Å². The van der Waals surface area contributed by atoms with Crippen molar-refractivity contribution in [1.82, 2.24) is 5.32 Å². The maximum atomic E-state index is 11.9. The molecule has 1 aliphatic rings. The van der Waals surface area contributed by atoms with Gasteiger partial charge in [0, 0.05) is 17.3 Å². The number of amides is 1. The Morgan fingerprint density at radius 2 is 2.27 bits per heavy atom. The summed E-state index contributed by atoms with van der Waals surface area (Å²) < 4.78 is 0. The summed E-state index contributed by atoms with van der Waals surface area (Å²) in [5.74, 6) is 1.13. The van der Waals surface area contributed by atoms with Gasteiger partial charge in [-0.1, -0.05) is 29.3 Å². The zero-order valence-electron chi connectivity index (χ0n) is 9.76. The molecule has 0 spiro atoms. The smallest absolute Gasteiger partial charge is 0.223 e. The van der Waals surface area contributed by atoms with Crippen LogP contribution in [0.25, 0.3) is 0 Å². The number of carbonyl (C=O) groups is 1. The van der Waals surface area contributed by atoms with Crippen LogP contribution < -0.4 is 5.32 Å². The lowest BCUT2D eigenvalue weighted by Gasteiger charge is -2.19. The van der Waals surface area contributed by atoms with Crippen molar-refractivity contribution in [2.75, 3.05) is 5.33 Å². The van der Waals surface area contributed by atoms with Crippen molar-refractivity contribution in [3.05, 3.63) is 0 Å². The summed E-state index contributed by atoms with van der Waals surface area (Å²) in [6.45, 7) is 4.29. The minimum atomic E-state index is 0.274. The predicted octanol–water partition coefficient (Wildman–Crippen LogP) is 3.10. The van der Waals surface area contributed by atoms with Crippen molar-refractivity contribution < 1.29 is 4.79 Å². The van der Waals surface area contributed by atoms with E-state index in [-0.39, 0.29) is 11.8 Å². The quantitative estimate of drug-likeness (QED) is 0.768. The first kappa shape index (κ1) is 13.0. The third-order valence-corrected chi connectivity index (χ3v) is 3.92. The first-order chi connectivity index (χ1) is 7.15. The van der Waals surface area contributed by atoms with E-state index in [1.165, 1.54) is 12.8 Å². The van der Waals surface area contributed by atoms with Gasteiger partial charge in [0.05, 0.1) is 0 Å². The van der Waals surface area contributed by atoms with Gasteiger partial charge in [0.25, 0.3) is 0 Å². The van der Waals surface area contributed by atoms with Crippen LogP contribution in [0, 0.1) is 11.8 Å². The van der Waals surface area contributed by atoms with Gasteiger partial charge < -0.3 is 5.32 Å². The van der Waals surface area contributed by atoms with E-state index in [0.717, 1.165) is 24.6 Å². The number of nitrogens with one attached hydrogen (secondary N) is 1. The van der Waals surface area contributed by atoms with Crippen molar-refractivity contribution in [2.45, 2.75) is 52.0 Å². The highest BCUT2D eigenvalue weighted by molar-refractivity contribution is 9.09. The molecule has 0 heterocycles. The summed E-state index contributed by atoms with van der Waals surface area (Å²) in [6.07, 6.45) is 5.71. The lowest BCUT2D eigenvalue weighted by atomic mass is 9.97. The lowest BCUT2D eigenvalue weighted by molar-refractivity contribution is -0.126. The molecule has 0 aromatic carbocycles. The molecule has 1 rings (SSSR count). The van der Waals surface area contributed by atoms with Crippen molar-refractivity contribution in [1.29, 1.82) is 0 Å². The molecule has 0 aromatic heterocycles. The van der Waals surface area contributed by atoms with E-state index < -0.39 is 0 Å². The molecule has 3 atom stereocenters. The highest BCUT2D eigenvalue weighted by Crippen LogP contribution is 2.31. The zero-order chi connectivity index (χ0) is 11.3. The van der Waals surface area contributed by atoms with Crippen molar-refractivity contribution in [3.8, 4) is 0 Å². The molecule has 15 heavy (non-hydrogen) atoms. The number of rotatable bonds is 5. The van der Waals surface area contributed by atoms with E-state index in [4.69, 9.17) is 0 Å². The first-order valence-electron chi connectivity index (χ1n) is 6.01. The molecule has 0 aliphatic heterocycles. The Bertz CT molecular complexity index is 208. The van der Waals surface area contributed by atoms with Gasteiger partial charge in [-0.3, -0.25) is 4.79 Å². The first-order valence-corrected chi connectivity index (χ1v) is 7.13. The summed E-state index contributed by atoms with van der Waals surface area (Å²) in [5.41, 5.74) is 0. The number of carbonyl (C=O) groups excluding carboxylic acids is 1. The topological polar surface area (TPSA) is 29.1 Å². The number of hydrogen-bond acceptors (Lipinski definition) is 1. The van der Waals surface area contributed by atoms with Gasteiger partial charge in [-0.25, -0.2) is 0 Å². The highest BCUT2D eigenvalue weighted by atomic mass is 79.9. The number of alkyl halides is 1. The Balaban J connectivity index is 2.28. The molecule has 0 bridgehead atoms. The Hall–Kier alpha value is -0.0500. The average Bonchev–Trinajstić information content (AvgIpc) is 2.61. The third-order valence-electron chi connectivity index (χ3n) is 3.36. The van der Waals surface area contributed by atoms with E-state index in [0.29, 0.717) is 12.0 Å². The minimum Gasteiger partial charge on any atom is -0.353 e. The summed E-state index contributed by atoms with van der Waals surface area (Å²) in [6, 6.07) is 0.322. The molecule has 3 unspecified atom stereocenters. The molecule has 0 saturated heterocycles. The standard InChI is InChI=1S/C12H22BrNO/c1-9-5-3-7-11(9)12(15)14-10(2)6-4-8-13/h9-11H,3-8H2,1-2H3,(H,14,15). The third kappa shape index (κ3) is 4.13. The van der Waals surface area contributed by atoms with E-state index in [9.17, 15) is 4.79 Å². The lowest BCUT2D eigenvalue weighted by Crippen LogP contribution is -2.38. The van der Waals surface area contributed by atoms with Gasteiger partial charge in [-0.2, -0.15) is 0 Å². The maximum absolute atomic E-state index is 11.9. The summed E-state index contributed by atoms with van der Waals surface area (Å²) in [7, 11) is 0. The fourth-order valence-corrected chi connectivity index (χ4v) is 2.66. The number of halogens is 1. The van der Waals surface area contributed by atoms with E-state index in [1.54, 1.807) is 0 Å². The van der Waals surface area contributed by atoms with Crippen LogP contribution in [0.3, 0.4) is 0 Å². The molecule has 1 N–H and O–H groups in total. The van der Waals surface area contributed by atoms with Crippen LogP contribution in [0.15, 0.2) is 0 Å². The summed E-state index contributed by atoms with van der Waals surface area (Å²) in [4.78, 5) is 11.9. The van der Waals surface area contributed by atoms with Crippen molar-refractivity contribution in [2.24, 2.45) is 11.8 Å².